The average Bonchev–Trinajstić information content (AvgIpc) is 2.54. The van der Waals surface area contributed by atoms with Gasteiger partial charge in [-0.3, -0.25) is 0 Å². The van der Waals surface area contributed by atoms with Gasteiger partial charge in [0.15, 0.2) is 0 Å². The topological polar surface area (TPSA) is 46.6 Å². The molecule has 4 nitrogen and oxygen atoms in total. The molecule has 0 spiro atoms. The van der Waals surface area contributed by atoms with Gasteiger partial charge in [0, 0.05) is 26.1 Å². The van der Waals surface area contributed by atoms with Crippen molar-refractivity contribution in [1.29, 1.82) is 0 Å². The van der Waals surface area contributed by atoms with E-state index in [1.807, 2.05) is 13.0 Å². The van der Waals surface area contributed by atoms with Gasteiger partial charge in [-0.15, -0.1) is 11.6 Å². The molecule has 21 heavy (non-hydrogen) atoms. The third-order valence-corrected chi connectivity index (χ3v) is 6.26. The van der Waals surface area contributed by atoms with E-state index in [1.54, 1.807) is 23.5 Å². The zero-order chi connectivity index (χ0) is 15.5. The molecule has 2 rings (SSSR count). The number of hydrogen-bond donors (Lipinski definition) is 0. The van der Waals surface area contributed by atoms with Crippen molar-refractivity contribution in [3.63, 3.8) is 0 Å². The number of ether oxygens (including phenoxy) is 1. The van der Waals surface area contributed by atoms with Crippen LogP contribution < -0.4 is 0 Å². The first kappa shape index (κ1) is 16.7. The Morgan fingerprint density at radius 1 is 1.29 bits per heavy atom. The number of sulfonamides is 1. The molecule has 0 unspecified atom stereocenters. The fraction of sp³-hybridized carbons (Fsp3) is 0.600. The van der Waals surface area contributed by atoms with Gasteiger partial charge < -0.3 is 4.74 Å². The summed E-state index contributed by atoms with van der Waals surface area (Å²) in [5, 5.41) is 0. The van der Waals surface area contributed by atoms with Crippen LogP contribution in [0.25, 0.3) is 0 Å². The van der Waals surface area contributed by atoms with Crippen molar-refractivity contribution in [3.05, 3.63) is 29.3 Å². The van der Waals surface area contributed by atoms with Gasteiger partial charge >= 0.3 is 0 Å². The standard InChI is InChI=1S/C15H22ClNO3S/c1-3-12-4-5-15(10-13(12)11-16)21(18,19)17-8-6-14(20-2)7-9-17/h4-5,10,14H,3,6-9,11H2,1-2H3. The van der Waals surface area contributed by atoms with Crippen LogP contribution in [0.2, 0.25) is 0 Å². The Morgan fingerprint density at radius 2 is 1.95 bits per heavy atom. The molecule has 1 aromatic rings. The van der Waals surface area contributed by atoms with Gasteiger partial charge in [0.2, 0.25) is 10.0 Å². The highest BCUT2D eigenvalue weighted by Gasteiger charge is 2.29. The van der Waals surface area contributed by atoms with E-state index >= 15 is 0 Å². The van der Waals surface area contributed by atoms with E-state index in [2.05, 4.69) is 0 Å². The molecule has 0 saturated carbocycles. The number of aryl methyl sites for hydroxylation is 1. The van der Waals surface area contributed by atoms with Crippen LogP contribution in [-0.2, 0) is 27.1 Å². The van der Waals surface area contributed by atoms with Crippen LogP contribution in [0.1, 0.15) is 30.9 Å². The molecule has 0 aliphatic carbocycles. The number of halogens is 1. The largest absolute Gasteiger partial charge is 0.381 e. The zero-order valence-corrected chi connectivity index (χ0v) is 14.1. The van der Waals surface area contributed by atoms with Gasteiger partial charge in [-0.2, -0.15) is 4.31 Å². The second-order valence-electron chi connectivity index (χ2n) is 5.26. The maximum absolute atomic E-state index is 12.7. The summed E-state index contributed by atoms with van der Waals surface area (Å²) >= 11 is 5.93. The fourth-order valence-corrected chi connectivity index (χ4v) is 4.46. The number of alkyl halides is 1. The molecule has 0 N–H and O–H groups in total. The average molecular weight is 332 g/mol. The normalized spacial score (nSPS) is 18.0. The maximum Gasteiger partial charge on any atom is 0.243 e. The third-order valence-electron chi connectivity index (χ3n) is 4.07. The molecule has 0 radical (unpaired) electrons. The predicted octanol–water partition coefficient (Wildman–Crippen LogP) is 2.79. The molecule has 118 valence electrons. The Morgan fingerprint density at radius 3 is 2.48 bits per heavy atom. The molecule has 1 fully saturated rings. The maximum atomic E-state index is 12.7. The first-order valence-corrected chi connectivity index (χ1v) is 9.21. The van der Waals surface area contributed by atoms with Crippen LogP contribution in [0.15, 0.2) is 23.1 Å². The van der Waals surface area contributed by atoms with E-state index in [-0.39, 0.29) is 6.10 Å². The summed E-state index contributed by atoms with van der Waals surface area (Å²) in [4.78, 5) is 0.339. The van der Waals surface area contributed by atoms with Crippen LogP contribution in [-0.4, -0.2) is 39.0 Å². The minimum Gasteiger partial charge on any atom is -0.381 e. The SMILES string of the molecule is CCc1ccc(S(=O)(=O)N2CCC(OC)CC2)cc1CCl. The Labute approximate surface area is 132 Å². The highest BCUT2D eigenvalue weighted by Crippen LogP contribution is 2.24. The Balaban J connectivity index is 2.24. The second-order valence-corrected chi connectivity index (χ2v) is 7.46. The summed E-state index contributed by atoms with van der Waals surface area (Å²) < 4.78 is 32.2. The van der Waals surface area contributed by atoms with Crippen molar-refractivity contribution in [2.75, 3.05) is 20.2 Å². The molecule has 0 atom stereocenters. The molecule has 1 aliphatic heterocycles. The third kappa shape index (κ3) is 3.59. The first-order chi connectivity index (χ1) is 10.0. The number of rotatable bonds is 5. The van der Waals surface area contributed by atoms with Crippen molar-refractivity contribution in [1.82, 2.24) is 4.31 Å². The molecule has 0 bridgehead atoms. The molecule has 1 aromatic carbocycles. The fourth-order valence-electron chi connectivity index (χ4n) is 2.69. The minimum absolute atomic E-state index is 0.164. The van der Waals surface area contributed by atoms with E-state index in [4.69, 9.17) is 16.3 Å². The zero-order valence-electron chi connectivity index (χ0n) is 12.5. The summed E-state index contributed by atoms with van der Waals surface area (Å²) in [6.07, 6.45) is 2.50. The molecule has 1 aliphatic rings. The number of benzene rings is 1. The molecule has 0 amide bonds. The van der Waals surface area contributed by atoms with E-state index in [0.717, 1.165) is 30.4 Å². The van der Waals surface area contributed by atoms with Gasteiger partial charge in [0.05, 0.1) is 11.0 Å². The van der Waals surface area contributed by atoms with Crippen LogP contribution in [0.5, 0.6) is 0 Å². The lowest BCUT2D eigenvalue weighted by Gasteiger charge is -2.30. The number of piperidine rings is 1. The summed E-state index contributed by atoms with van der Waals surface area (Å²) in [6, 6.07) is 5.27. The van der Waals surface area contributed by atoms with Crippen molar-refractivity contribution in [3.8, 4) is 0 Å². The van der Waals surface area contributed by atoms with E-state index in [9.17, 15) is 8.42 Å². The highest BCUT2D eigenvalue weighted by molar-refractivity contribution is 7.89. The lowest BCUT2D eigenvalue weighted by atomic mass is 10.1. The van der Waals surface area contributed by atoms with Crippen LogP contribution >= 0.6 is 11.6 Å². The van der Waals surface area contributed by atoms with Gasteiger partial charge in [-0.1, -0.05) is 13.0 Å². The summed E-state index contributed by atoms with van der Waals surface area (Å²) in [5.74, 6) is 0.332. The molecule has 6 heteroatoms. The predicted molar refractivity (Wildman–Crippen MR) is 84.2 cm³/mol. The summed E-state index contributed by atoms with van der Waals surface area (Å²) in [7, 11) is -1.76. The van der Waals surface area contributed by atoms with Crippen molar-refractivity contribution in [2.24, 2.45) is 0 Å². The van der Waals surface area contributed by atoms with Gasteiger partial charge in [-0.05, 0) is 42.5 Å². The molecule has 1 heterocycles. The Kier molecular flexibility index (Phi) is 5.66. The summed E-state index contributed by atoms with van der Waals surface area (Å²) in [5.41, 5.74) is 1.99. The first-order valence-electron chi connectivity index (χ1n) is 7.23. The number of hydrogen-bond acceptors (Lipinski definition) is 3. The molecular weight excluding hydrogens is 310 g/mol. The number of nitrogens with zero attached hydrogens (tertiary/aromatic N) is 1. The van der Waals surface area contributed by atoms with Crippen LogP contribution in [0.4, 0.5) is 0 Å². The quantitative estimate of drug-likeness (QED) is 0.779. The van der Waals surface area contributed by atoms with Crippen LogP contribution in [0, 0.1) is 0 Å². The van der Waals surface area contributed by atoms with E-state index in [0.29, 0.717) is 23.9 Å². The van der Waals surface area contributed by atoms with Crippen molar-refractivity contribution in [2.45, 2.75) is 43.1 Å². The van der Waals surface area contributed by atoms with Gasteiger partial charge in [0.1, 0.15) is 0 Å². The van der Waals surface area contributed by atoms with Crippen molar-refractivity contribution < 1.29 is 13.2 Å². The Hall–Kier alpha value is -0.620. The second kappa shape index (κ2) is 7.09. The molecule has 1 saturated heterocycles. The molecular formula is C15H22ClNO3S. The van der Waals surface area contributed by atoms with Crippen molar-refractivity contribution >= 4 is 21.6 Å². The highest BCUT2D eigenvalue weighted by atomic mass is 35.5. The monoisotopic (exact) mass is 331 g/mol. The van der Waals surface area contributed by atoms with Gasteiger partial charge in [0.25, 0.3) is 0 Å². The Bertz CT molecular complexity index is 581. The lowest BCUT2D eigenvalue weighted by Crippen LogP contribution is -2.40. The number of methoxy groups -OCH3 is 1. The van der Waals surface area contributed by atoms with Gasteiger partial charge in [-0.25, -0.2) is 8.42 Å². The van der Waals surface area contributed by atoms with E-state index < -0.39 is 10.0 Å². The minimum atomic E-state index is -3.43. The summed E-state index contributed by atoms with van der Waals surface area (Å²) in [6.45, 7) is 3.05. The lowest BCUT2D eigenvalue weighted by molar-refractivity contribution is 0.0604. The van der Waals surface area contributed by atoms with Crippen LogP contribution in [0.3, 0.4) is 0 Å². The van der Waals surface area contributed by atoms with E-state index in [1.165, 1.54) is 0 Å². The smallest absolute Gasteiger partial charge is 0.243 e. The molecule has 0 aromatic heterocycles.